The number of hydrogen-bond donors (Lipinski definition) is 2. The highest BCUT2D eigenvalue weighted by atomic mass is 32.1. The fourth-order valence-electron chi connectivity index (χ4n) is 1.32. The summed E-state index contributed by atoms with van der Waals surface area (Å²) in [4.78, 5) is 0. The van der Waals surface area contributed by atoms with Crippen LogP contribution in [0.1, 0.15) is 25.3 Å². The zero-order valence-electron chi connectivity index (χ0n) is 10.8. The lowest BCUT2D eigenvalue weighted by molar-refractivity contribution is 0.906. The first-order valence-electron chi connectivity index (χ1n) is 5.86. The molecule has 0 spiro atoms. The zero-order valence-corrected chi connectivity index (χ0v) is 11.6. The van der Waals surface area contributed by atoms with Gasteiger partial charge in [-0.05, 0) is 24.7 Å². The molecule has 96 valence electrons. The van der Waals surface area contributed by atoms with Gasteiger partial charge in [0.1, 0.15) is 0 Å². The molecule has 3 nitrogen and oxygen atoms in total. The van der Waals surface area contributed by atoms with Crippen molar-refractivity contribution in [3.05, 3.63) is 48.0 Å². The predicted octanol–water partition coefficient (Wildman–Crippen LogP) is 2.82. The van der Waals surface area contributed by atoms with Crippen molar-refractivity contribution in [1.29, 1.82) is 0 Å². The Labute approximate surface area is 114 Å². The maximum atomic E-state index is 5.06. The molecule has 0 radical (unpaired) electrons. The number of hydrazone groups is 1. The summed E-state index contributed by atoms with van der Waals surface area (Å²) in [6.07, 6.45) is 1.84. The molecule has 1 rings (SSSR count). The summed E-state index contributed by atoms with van der Waals surface area (Å²) in [7, 11) is 0. The van der Waals surface area contributed by atoms with Crippen molar-refractivity contribution in [3.8, 4) is 0 Å². The second kappa shape index (κ2) is 7.61. The monoisotopic (exact) mass is 261 g/mol. The lowest BCUT2D eigenvalue weighted by Gasteiger charge is -2.08. The molecule has 0 aliphatic heterocycles. The summed E-state index contributed by atoms with van der Waals surface area (Å²) < 4.78 is 0. The Balaban J connectivity index is 2.36. The van der Waals surface area contributed by atoms with Crippen LogP contribution in [0.15, 0.2) is 47.6 Å². The van der Waals surface area contributed by atoms with E-state index in [2.05, 4.69) is 41.5 Å². The minimum atomic E-state index is 0.252. The number of thiocarbonyl (C=S) groups is 1. The Morgan fingerprint density at radius 2 is 2.11 bits per heavy atom. The lowest BCUT2D eigenvalue weighted by atomic mass is 10.0. The zero-order chi connectivity index (χ0) is 13.4. The topological polar surface area (TPSA) is 36.4 Å². The molecule has 0 aliphatic carbocycles. The van der Waals surface area contributed by atoms with Crippen LogP contribution in [-0.4, -0.2) is 17.9 Å². The molecule has 0 bridgehead atoms. The first-order chi connectivity index (χ1) is 8.59. The van der Waals surface area contributed by atoms with Gasteiger partial charge >= 0.3 is 0 Å². The largest absolute Gasteiger partial charge is 0.358 e. The molecular formula is C14H19N3S. The minimum Gasteiger partial charge on any atom is -0.358 e. The normalized spacial score (nSPS) is 12.1. The third-order valence-corrected chi connectivity index (χ3v) is 2.58. The fraction of sp³-hybridized carbons (Fsp3) is 0.286. The standard InChI is InChI=1S/C14H19N3S/c1-11(2)9-15-14(18)17-16-10-12(3)13-7-5-4-6-8-13/h4-8,10,12H,1,9H2,2-3H3,(H2,15,17,18)/b16-10+. The molecular weight excluding hydrogens is 242 g/mol. The molecule has 1 aromatic carbocycles. The van der Waals surface area contributed by atoms with Gasteiger partial charge < -0.3 is 5.32 Å². The van der Waals surface area contributed by atoms with E-state index in [1.807, 2.05) is 31.3 Å². The second-order valence-corrected chi connectivity index (χ2v) is 4.64. The van der Waals surface area contributed by atoms with E-state index in [1.165, 1.54) is 5.56 Å². The summed E-state index contributed by atoms with van der Waals surface area (Å²) in [6, 6.07) is 10.2. The molecule has 4 heteroatoms. The Bertz CT molecular complexity index is 426. The van der Waals surface area contributed by atoms with Gasteiger partial charge in [-0.2, -0.15) is 5.10 Å². The third kappa shape index (κ3) is 5.59. The van der Waals surface area contributed by atoms with Crippen LogP contribution < -0.4 is 10.7 Å². The van der Waals surface area contributed by atoms with E-state index in [0.29, 0.717) is 11.7 Å². The third-order valence-electron chi connectivity index (χ3n) is 2.34. The molecule has 0 aromatic heterocycles. The molecule has 1 atom stereocenters. The van der Waals surface area contributed by atoms with Crippen LogP contribution in [-0.2, 0) is 0 Å². The van der Waals surface area contributed by atoms with Gasteiger partial charge in [-0.1, -0.05) is 49.4 Å². The number of hydrogen-bond acceptors (Lipinski definition) is 2. The van der Waals surface area contributed by atoms with E-state index >= 15 is 0 Å². The van der Waals surface area contributed by atoms with Crippen LogP contribution in [0.5, 0.6) is 0 Å². The molecule has 1 unspecified atom stereocenters. The fourth-order valence-corrected chi connectivity index (χ4v) is 1.45. The number of benzene rings is 1. The van der Waals surface area contributed by atoms with Crippen LogP contribution in [0, 0.1) is 0 Å². The van der Waals surface area contributed by atoms with Gasteiger partial charge in [0.25, 0.3) is 0 Å². The molecule has 0 aliphatic rings. The Morgan fingerprint density at radius 1 is 1.44 bits per heavy atom. The van der Waals surface area contributed by atoms with Crippen molar-refractivity contribution < 1.29 is 0 Å². The smallest absolute Gasteiger partial charge is 0.187 e. The summed E-state index contributed by atoms with van der Waals surface area (Å²) >= 11 is 5.06. The minimum absolute atomic E-state index is 0.252. The van der Waals surface area contributed by atoms with Crippen molar-refractivity contribution in [2.45, 2.75) is 19.8 Å². The van der Waals surface area contributed by atoms with Crippen LogP contribution in [0.2, 0.25) is 0 Å². The van der Waals surface area contributed by atoms with Gasteiger partial charge in [-0.3, -0.25) is 5.43 Å². The first-order valence-corrected chi connectivity index (χ1v) is 6.26. The number of rotatable bonds is 5. The maximum Gasteiger partial charge on any atom is 0.187 e. The molecule has 2 N–H and O–H groups in total. The van der Waals surface area contributed by atoms with Crippen LogP contribution >= 0.6 is 12.2 Å². The van der Waals surface area contributed by atoms with Gasteiger partial charge in [-0.25, -0.2) is 0 Å². The van der Waals surface area contributed by atoms with Gasteiger partial charge in [0.2, 0.25) is 0 Å². The number of nitrogens with zero attached hydrogens (tertiary/aromatic N) is 1. The molecule has 0 heterocycles. The number of nitrogens with one attached hydrogen (secondary N) is 2. The van der Waals surface area contributed by atoms with E-state index in [0.717, 1.165) is 5.57 Å². The van der Waals surface area contributed by atoms with Crippen molar-refractivity contribution in [2.75, 3.05) is 6.54 Å². The molecule has 0 saturated heterocycles. The van der Waals surface area contributed by atoms with Crippen molar-refractivity contribution in [3.63, 3.8) is 0 Å². The summed E-state index contributed by atoms with van der Waals surface area (Å²) in [5, 5.41) is 7.63. The average molecular weight is 261 g/mol. The Kier molecular flexibility index (Phi) is 6.08. The predicted molar refractivity (Wildman–Crippen MR) is 81.9 cm³/mol. The second-order valence-electron chi connectivity index (χ2n) is 4.23. The first kappa shape index (κ1) is 14.4. The van der Waals surface area contributed by atoms with Crippen LogP contribution in [0.3, 0.4) is 0 Å². The quantitative estimate of drug-likeness (QED) is 0.370. The van der Waals surface area contributed by atoms with Crippen LogP contribution in [0.4, 0.5) is 0 Å². The van der Waals surface area contributed by atoms with Gasteiger partial charge in [0.05, 0.1) is 0 Å². The van der Waals surface area contributed by atoms with Gasteiger partial charge in [0, 0.05) is 18.7 Å². The highest BCUT2D eigenvalue weighted by molar-refractivity contribution is 7.80. The highest BCUT2D eigenvalue weighted by Gasteiger charge is 2.00. The van der Waals surface area contributed by atoms with Crippen molar-refractivity contribution in [1.82, 2.24) is 10.7 Å². The van der Waals surface area contributed by atoms with E-state index in [-0.39, 0.29) is 5.92 Å². The molecule has 0 saturated carbocycles. The van der Waals surface area contributed by atoms with Gasteiger partial charge in [0.15, 0.2) is 5.11 Å². The van der Waals surface area contributed by atoms with Gasteiger partial charge in [-0.15, -0.1) is 0 Å². The summed E-state index contributed by atoms with van der Waals surface area (Å²) in [5.74, 6) is 0.252. The van der Waals surface area contributed by atoms with E-state index < -0.39 is 0 Å². The van der Waals surface area contributed by atoms with Crippen molar-refractivity contribution >= 4 is 23.5 Å². The Hall–Kier alpha value is -1.68. The van der Waals surface area contributed by atoms with Crippen molar-refractivity contribution in [2.24, 2.45) is 5.10 Å². The molecule has 18 heavy (non-hydrogen) atoms. The lowest BCUT2D eigenvalue weighted by Crippen LogP contribution is -2.33. The van der Waals surface area contributed by atoms with Crippen LogP contribution in [0.25, 0.3) is 0 Å². The average Bonchev–Trinajstić information content (AvgIpc) is 2.37. The Morgan fingerprint density at radius 3 is 2.72 bits per heavy atom. The van der Waals surface area contributed by atoms with E-state index in [4.69, 9.17) is 12.2 Å². The molecule has 0 fully saturated rings. The molecule has 0 amide bonds. The summed E-state index contributed by atoms with van der Waals surface area (Å²) in [5.41, 5.74) is 5.04. The summed E-state index contributed by atoms with van der Waals surface area (Å²) in [6.45, 7) is 8.48. The van der Waals surface area contributed by atoms with E-state index in [1.54, 1.807) is 0 Å². The molecule has 1 aromatic rings. The maximum absolute atomic E-state index is 5.06. The SMILES string of the molecule is C=C(C)CNC(=S)N/N=C/C(C)c1ccccc1. The highest BCUT2D eigenvalue weighted by Crippen LogP contribution is 2.11. The van der Waals surface area contributed by atoms with E-state index in [9.17, 15) is 0 Å².